The SMILES string of the molecule is CCOc1c(Br)cc(C(=O)N(C2CC2)C(C)C(=O)O)cc1OC. The molecular weight excluding hydrogens is 366 g/mol. The summed E-state index contributed by atoms with van der Waals surface area (Å²) in [6.45, 7) is 3.85. The lowest BCUT2D eigenvalue weighted by molar-refractivity contribution is -0.141. The smallest absolute Gasteiger partial charge is 0.326 e. The average Bonchev–Trinajstić information content (AvgIpc) is 3.33. The number of carboxylic acids is 1. The highest BCUT2D eigenvalue weighted by atomic mass is 79.9. The number of nitrogens with zero attached hydrogens (tertiary/aromatic N) is 1. The van der Waals surface area contributed by atoms with Gasteiger partial charge in [-0.2, -0.15) is 0 Å². The summed E-state index contributed by atoms with van der Waals surface area (Å²) in [5.41, 5.74) is 0.372. The van der Waals surface area contributed by atoms with Crippen LogP contribution >= 0.6 is 15.9 Å². The summed E-state index contributed by atoms with van der Waals surface area (Å²) >= 11 is 3.38. The first-order valence-electron chi connectivity index (χ1n) is 7.46. The van der Waals surface area contributed by atoms with Crippen LogP contribution < -0.4 is 9.47 Å². The van der Waals surface area contributed by atoms with E-state index in [0.29, 0.717) is 28.1 Å². The molecule has 6 nitrogen and oxygen atoms in total. The number of rotatable bonds is 7. The molecule has 0 saturated heterocycles. The molecule has 1 fully saturated rings. The Bertz CT molecular complexity index is 615. The molecule has 1 aliphatic rings. The van der Waals surface area contributed by atoms with Crippen molar-refractivity contribution in [3.63, 3.8) is 0 Å². The fraction of sp³-hybridized carbons (Fsp3) is 0.500. The van der Waals surface area contributed by atoms with Crippen LogP contribution in [0.1, 0.15) is 37.0 Å². The molecule has 1 unspecified atom stereocenters. The first-order valence-corrected chi connectivity index (χ1v) is 8.25. The molecule has 1 N–H and O–H groups in total. The molecule has 23 heavy (non-hydrogen) atoms. The Balaban J connectivity index is 2.37. The zero-order valence-electron chi connectivity index (χ0n) is 13.3. The summed E-state index contributed by atoms with van der Waals surface area (Å²) in [5, 5.41) is 9.25. The molecule has 0 aromatic heterocycles. The van der Waals surface area contributed by atoms with Gasteiger partial charge in [0.2, 0.25) is 0 Å². The molecule has 1 aliphatic carbocycles. The highest BCUT2D eigenvalue weighted by molar-refractivity contribution is 9.10. The maximum Gasteiger partial charge on any atom is 0.326 e. The van der Waals surface area contributed by atoms with Gasteiger partial charge in [-0.3, -0.25) is 4.79 Å². The van der Waals surface area contributed by atoms with E-state index in [9.17, 15) is 14.7 Å². The molecule has 7 heteroatoms. The predicted octanol–water partition coefficient (Wildman–Crippen LogP) is 2.93. The van der Waals surface area contributed by atoms with E-state index in [1.165, 1.54) is 18.9 Å². The third-order valence-electron chi connectivity index (χ3n) is 3.71. The number of aliphatic carboxylic acids is 1. The zero-order chi connectivity index (χ0) is 17.1. The van der Waals surface area contributed by atoms with E-state index < -0.39 is 12.0 Å². The van der Waals surface area contributed by atoms with Crippen LogP contribution in [0.4, 0.5) is 0 Å². The van der Waals surface area contributed by atoms with Gasteiger partial charge in [0.1, 0.15) is 6.04 Å². The topological polar surface area (TPSA) is 76.1 Å². The minimum Gasteiger partial charge on any atom is -0.493 e. The number of methoxy groups -OCH3 is 1. The van der Waals surface area contributed by atoms with E-state index in [1.807, 2.05) is 6.92 Å². The number of hydrogen-bond acceptors (Lipinski definition) is 4. The molecule has 1 amide bonds. The standard InChI is InChI=1S/C16H20BrNO5/c1-4-23-14-12(17)7-10(8-13(14)22-3)15(19)18(11-5-6-11)9(2)16(20)21/h7-9,11H,4-6H2,1-3H3,(H,20,21). The van der Waals surface area contributed by atoms with Crippen molar-refractivity contribution in [2.75, 3.05) is 13.7 Å². The molecule has 0 radical (unpaired) electrons. The van der Waals surface area contributed by atoms with Crippen LogP contribution in [0.2, 0.25) is 0 Å². The Morgan fingerprint density at radius 2 is 2.09 bits per heavy atom. The molecule has 126 valence electrons. The molecular formula is C16H20BrNO5. The van der Waals surface area contributed by atoms with Crippen LogP contribution in [0.3, 0.4) is 0 Å². The Morgan fingerprint density at radius 3 is 2.57 bits per heavy atom. The van der Waals surface area contributed by atoms with Crippen LogP contribution in [0.15, 0.2) is 16.6 Å². The minimum absolute atomic E-state index is 0.00932. The molecule has 0 heterocycles. The van der Waals surface area contributed by atoms with Gasteiger partial charge in [0.05, 0.1) is 18.2 Å². The van der Waals surface area contributed by atoms with E-state index in [-0.39, 0.29) is 11.9 Å². The summed E-state index contributed by atoms with van der Waals surface area (Å²) in [7, 11) is 1.50. The third-order valence-corrected chi connectivity index (χ3v) is 4.30. The molecule has 0 spiro atoms. The van der Waals surface area contributed by atoms with Crippen molar-refractivity contribution in [1.29, 1.82) is 0 Å². The van der Waals surface area contributed by atoms with Gasteiger partial charge < -0.3 is 19.5 Å². The summed E-state index contributed by atoms with van der Waals surface area (Å²) < 4.78 is 11.4. The van der Waals surface area contributed by atoms with Crippen LogP contribution in [0, 0.1) is 0 Å². The first kappa shape index (κ1) is 17.6. The molecule has 0 aliphatic heterocycles. The van der Waals surface area contributed by atoms with Crippen LogP contribution in [0.5, 0.6) is 11.5 Å². The Morgan fingerprint density at radius 1 is 1.43 bits per heavy atom. The molecule has 1 aromatic rings. The van der Waals surface area contributed by atoms with Gasteiger partial charge in [-0.15, -0.1) is 0 Å². The highest BCUT2D eigenvalue weighted by Crippen LogP contribution is 2.38. The zero-order valence-corrected chi connectivity index (χ0v) is 14.9. The van der Waals surface area contributed by atoms with E-state index in [2.05, 4.69) is 15.9 Å². The second-order valence-electron chi connectivity index (χ2n) is 5.38. The van der Waals surface area contributed by atoms with E-state index in [1.54, 1.807) is 12.1 Å². The second kappa shape index (κ2) is 7.21. The average molecular weight is 386 g/mol. The van der Waals surface area contributed by atoms with Crippen molar-refractivity contribution in [3.05, 3.63) is 22.2 Å². The normalized spacial score (nSPS) is 15.0. The fourth-order valence-electron chi connectivity index (χ4n) is 2.41. The van der Waals surface area contributed by atoms with Gasteiger partial charge >= 0.3 is 5.97 Å². The Labute approximate surface area is 143 Å². The number of carbonyl (C=O) groups is 2. The number of carboxylic acid groups (broad SMARTS) is 1. The summed E-state index contributed by atoms with van der Waals surface area (Å²) in [6.07, 6.45) is 1.66. The number of amides is 1. The highest BCUT2D eigenvalue weighted by Gasteiger charge is 2.39. The molecule has 2 rings (SSSR count). The summed E-state index contributed by atoms with van der Waals surface area (Å²) in [6, 6.07) is 2.35. The van der Waals surface area contributed by atoms with E-state index in [0.717, 1.165) is 12.8 Å². The van der Waals surface area contributed by atoms with Crippen LogP contribution in [-0.4, -0.2) is 47.7 Å². The van der Waals surface area contributed by atoms with Crippen LogP contribution in [-0.2, 0) is 4.79 Å². The van der Waals surface area contributed by atoms with Crippen LogP contribution in [0.25, 0.3) is 0 Å². The largest absolute Gasteiger partial charge is 0.493 e. The lowest BCUT2D eigenvalue weighted by atomic mass is 10.1. The van der Waals surface area contributed by atoms with E-state index in [4.69, 9.17) is 9.47 Å². The van der Waals surface area contributed by atoms with Gasteiger partial charge in [0, 0.05) is 11.6 Å². The number of halogens is 1. The molecule has 1 atom stereocenters. The summed E-state index contributed by atoms with van der Waals surface area (Å²) in [4.78, 5) is 25.5. The van der Waals surface area contributed by atoms with Crippen molar-refractivity contribution in [1.82, 2.24) is 4.90 Å². The number of carbonyl (C=O) groups excluding carboxylic acids is 1. The third kappa shape index (κ3) is 3.77. The monoisotopic (exact) mass is 385 g/mol. The first-order chi connectivity index (χ1) is 10.9. The quantitative estimate of drug-likeness (QED) is 0.780. The van der Waals surface area contributed by atoms with Crippen molar-refractivity contribution in [2.24, 2.45) is 0 Å². The lowest BCUT2D eigenvalue weighted by Gasteiger charge is -2.27. The van der Waals surface area contributed by atoms with Gasteiger partial charge in [-0.25, -0.2) is 4.79 Å². The van der Waals surface area contributed by atoms with Gasteiger partial charge in [-0.1, -0.05) is 0 Å². The van der Waals surface area contributed by atoms with E-state index >= 15 is 0 Å². The van der Waals surface area contributed by atoms with Crippen molar-refractivity contribution < 1.29 is 24.2 Å². The molecule has 0 bridgehead atoms. The van der Waals surface area contributed by atoms with Crippen molar-refractivity contribution in [2.45, 2.75) is 38.8 Å². The van der Waals surface area contributed by atoms with Gasteiger partial charge in [-0.05, 0) is 54.8 Å². The summed E-state index contributed by atoms with van der Waals surface area (Å²) in [5.74, 6) is -0.370. The number of ether oxygens (including phenoxy) is 2. The lowest BCUT2D eigenvalue weighted by Crippen LogP contribution is -2.44. The van der Waals surface area contributed by atoms with Crippen molar-refractivity contribution >= 4 is 27.8 Å². The second-order valence-corrected chi connectivity index (χ2v) is 6.23. The number of benzene rings is 1. The Hall–Kier alpha value is -1.76. The minimum atomic E-state index is -1.01. The molecule has 1 saturated carbocycles. The maximum absolute atomic E-state index is 12.8. The van der Waals surface area contributed by atoms with Gasteiger partial charge in [0.25, 0.3) is 5.91 Å². The molecule has 1 aromatic carbocycles. The van der Waals surface area contributed by atoms with Gasteiger partial charge in [0.15, 0.2) is 11.5 Å². The predicted molar refractivity (Wildman–Crippen MR) is 88.2 cm³/mol. The number of hydrogen-bond donors (Lipinski definition) is 1. The fourth-order valence-corrected chi connectivity index (χ4v) is 2.96. The van der Waals surface area contributed by atoms with Crippen molar-refractivity contribution in [3.8, 4) is 11.5 Å². The maximum atomic E-state index is 12.8. The Kier molecular flexibility index (Phi) is 5.51.